The van der Waals surface area contributed by atoms with E-state index in [1.165, 1.54) is 6.07 Å². The second-order valence-electron chi connectivity index (χ2n) is 9.89. The second-order valence-corrected chi connectivity index (χ2v) is 9.89. The molecule has 2 aromatic carbocycles. The van der Waals surface area contributed by atoms with Gasteiger partial charge in [0, 0.05) is 24.5 Å². The quantitative estimate of drug-likeness (QED) is 0.637. The summed E-state index contributed by atoms with van der Waals surface area (Å²) in [5.41, 5.74) is 0.0548. The standard InChI is InChI=1S/C27H29F3N4O2/c1-17-7-6-8-18(2)23(17)34-16-26(19(3)24(34)35,15-33-9-4-5-10-33)25(36)32-22-12-20(14-31)11-21(13-22)27(28,29)30/h6-8,11-13,19H,4-5,9-10,15-16H2,1-3H3,(H,32,36)/t19?,26-/m1/s1. The van der Waals surface area contributed by atoms with Crippen LogP contribution in [0.5, 0.6) is 0 Å². The molecule has 6 nitrogen and oxygen atoms in total. The van der Waals surface area contributed by atoms with Crippen molar-refractivity contribution in [3.63, 3.8) is 0 Å². The number of halogens is 3. The summed E-state index contributed by atoms with van der Waals surface area (Å²) in [5, 5.41) is 11.9. The molecular weight excluding hydrogens is 469 g/mol. The summed E-state index contributed by atoms with van der Waals surface area (Å²) in [7, 11) is 0. The number of carbonyl (C=O) groups is 2. The molecule has 0 saturated carbocycles. The van der Waals surface area contributed by atoms with Gasteiger partial charge in [0.15, 0.2) is 0 Å². The Kier molecular flexibility index (Phi) is 6.84. The minimum absolute atomic E-state index is 0.114. The third kappa shape index (κ3) is 4.70. The van der Waals surface area contributed by atoms with E-state index in [1.54, 1.807) is 17.9 Å². The number of aryl methyl sites for hydroxylation is 2. The molecule has 36 heavy (non-hydrogen) atoms. The summed E-state index contributed by atoms with van der Waals surface area (Å²) in [4.78, 5) is 31.3. The summed E-state index contributed by atoms with van der Waals surface area (Å²) in [6.45, 7) is 7.56. The summed E-state index contributed by atoms with van der Waals surface area (Å²) >= 11 is 0. The van der Waals surface area contributed by atoms with E-state index in [0.29, 0.717) is 6.54 Å². The number of alkyl halides is 3. The normalized spacial score (nSPS) is 22.6. The fraction of sp³-hybridized carbons (Fsp3) is 0.444. The molecular formula is C27H29F3N4O2. The first-order valence-electron chi connectivity index (χ1n) is 12.0. The van der Waals surface area contributed by atoms with Gasteiger partial charge < -0.3 is 15.1 Å². The lowest BCUT2D eigenvalue weighted by Crippen LogP contribution is -2.50. The third-order valence-electron chi connectivity index (χ3n) is 7.42. The lowest BCUT2D eigenvalue weighted by Gasteiger charge is -2.34. The number of likely N-dealkylation sites (tertiary alicyclic amines) is 1. The van der Waals surface area contributed by atoms with Gasteiger partial charge in [-0.05, 0) is 69.1 Å². The highest BCUT2D eigenvalue weighted by Gasteiger charge is 2.56. The first-order valence-corrected chi connectivity index (χ1v) is 12.0. The van der Waals surface area contributed by atoms with E-state index in [1.807, 2.05) is 32.0 Å². The monoisotopic (exact) mass is 498 g/mol. The smallest absolute Gasteiger partial charge is 0.325 e. The van der Waals surface area contributed by atoms with Crippen LogP contribution >= 0.6 is 0 Å². The van der Waals surface area contributed by atoms with Gasteiger partial charge in [-0.25, -0.2) is 0 Å². The van der Waals surface area contributed by atoms with Crippen LogP contribution in [0.25, 0.3) is 0 Å². The van der Waals surface area contributed by atoms with Gasteiger partial charge in [-0.15, -0.1) is 0 Å². The largest absolute Gasteiger partial charge is 0.416 e. The highest BCUT2D eigenvalue weighted by Crippen LogP contribution is 2.43. The molecule has 2 fully saturated rings. The molecule has 0 spiro atoms. The predicted octanol–water partition coefficient (Wildman–Crippen LogP) is 4.90. The number of hydrogen-bond donors (Lipinski definition) is 1. The number of benzene rings is 2. The molecule has 190 valence electrons. The predicted molar refractivity (Wildman–Crippen MR) is 130 cm³/mol. The van der Waals surface area contributed by atoms with Crippen molar-refractivity contribution in [1.82, 2.24) is 4.90 Å². The summed E-state index contributed by atoms with van der Waals surface area (Å²) in [6, 6.07) is 10.3. The second kappa shape index (κ2) is 9.58. The molecule has 2 heterocycles. The maximum absolute atomic E-state index is 13.9. The van der Waals surface area contributed by atoms with Gasteiger partial charge in [0.2, 0.25) is 11.8 Å². The number of nitrogens with one attached hydrogen (secondary N) is 1. The van der Waals surface area contributed by atoms with E-state index < -0.39 is 29.0 Å². The summed E-state index contributed by atoms with van der Waals surface area (Å²) in [5.74, 6) is -1.41. The minimum Gasteiger partial charge on any atom is -0.325 e. The Hall–Kier alpha value is -3.38. The van der Waals surface area contributed by atoms with E-state index in [2.05, 4.69) is 10.2 Å². The van der Waals surface area contributed by atoms with Gasteiger partial charge in [0.25, 0.3) is 0 Å². The maximum Gasteiger partial charge on any atom is 0.416 e. The Balaban J connectivity index is 1.74. The molecule has 2 saturated heterocycles. The van der Waals surface area contributed by atoms with Gasteiger partial charge in [0.05, 0.1) is 28.5 Å². The average Bonchev–Trinajstić information content (AvgIpc) is 3.41. The zero-order valence-electron chi connectivity index (χ0n) is 20.6. The number of hydrogen-bond acceptors (Lipinski definition) is 4. The molecule has 0 bridgehead atoms. The maximum atomic E-state index is 13.9. The van der Waals surface area contributed by atoms with E-state index in [9.17, 15) is 28.0 Å². The average molecular weight is 499 g/mol. The number of anilines is 2. The Morgan fingerprint density at radius 3 is 2.39 bits per heavy atom. The van der Waals surface area contributed by atoms with Crippen molar-refractivity contribution in [2.24, 2.45) is 11.3 Å². The number of nitrogens with zero attached hydrogens (tertiary/aromatic N) is 3. The highest BCUT2D eigenvalue weighted by molar-refractivity contribution is 6.08. The van der Waals surface area contributed by atoms with Crippen LogP contribution in [0, 0.1) is 36.5 Å². The van der Waals surface area contributed by atoms with Crippen molar-refractivity contribution in [2.75, 3.05) is 36.4 Å². The Morgan fingerprint density at radius 2 is 1.81 bits per heavy atom. The molecule has 2 atom stereocenters. The van der Waals surface area contributed by atoms with E-state index in [-0.39, 0.29) is 23.7 Å². The molecule has 0 aromatic heterocycles. The molecule has 9 heteroatoms. The summed E-state index contributed by atoms with van der Waals surface area (Å²) < 4.78 is 40.2. The number of nitriles is 1. The Morgan fingerprint density at radius 1 is 1.17 bits per heavy atom. The molecule has 2 aromatic rings. The van der Waals surface area contributed by atoms with Crippen LogP contribution in [0.1, 0.15) is 42.0 Å². The highest BCUT2D eigenvalue weighted by atomic mass is 19.4. The fourth-order valence-electron chi connectivity index (χ4n) is 5.44. The minimum atomic E-state index is -4.67. The summed E-state index contributed by atoms with van der Waals surface area (Å²) in [6.07, 6.45) is -2.70. The van der Waals surface area contributed by atoms with Gasteiger partial charge in [-0.2, -0.15) is 18.4 Å². The Labute approximate surface area is 208 Å². The van der Waals surface area contributed by atoms with E-state index in [4.69, 9.17) is 0 Å². The molecule has 0 aliphatic carbocycles. The number of carbonyl (C=O) groups excluding carboxylic acids is 2. The fourth-order valence-corrected chi connectivity index (χ4v) is 5.44. The lowest BCUT2D eigenvalue weighted by molar-refractivity contribution is -0.137. The van der Waals surface area contributed by atoms with Crippen molar-refractivity contribution in [3.05, 3.63) is 58.7 Å². The first kappa shape index (κ1) is 25.7. The van der Waals surface area contributed by atoms with Crippen molar-refractivity contribution in [3.8, 4) is 6.07 Å². The van der Waals surface area contributed by atoms with Gasteiger partial charge in [-0.1, -0.05) is 25.1 Å². The van der Waals surface area contributed by atoms with Crippen LogP contribution in [0.15, 0.2) is 36.4 Å². The molecule has 1 N–H and O–H groups in total. The van der Waals surface area contributed by atoms with Crippen LogP contribution in [0.4, 0.5) is 24.5 Å². The van der Waals surface area contributed by atoms with E-state index >= 15 is 0 Å². The van der Waals surface area contributed by atoms with Crippen LogP contribution < -0.4 is 10.2 Å². The molecule has 2 aliphatic rings. The van der Waals surface area contributed by atoms with Crippen LogP contribution in [-0.2, 0) is 15.8 Å². The van der Waals surface area contributed by atoms with Gasteiger partial charge in [0.1, 0.15) is 0 Å². The number of para-hydroxylation sites is 1. The number of amides is 2. The van der Waals surface area contributed by atoms with Crippen molar-refractivity contribution in [1.29, 1.82) is 5.26 Å². The van der Waals surface area contributed by atoms with Crippen LogP contribution in [0.2, 0.25) is 0 Å². The van der Waals surface area contributed by atoms with Crippen molar-refractivity contribution < 1.29 is 22.8 Å². The molecule has 1 unspecified atom stereocenters. The molecule has 2 amide bonds. The first-order chi connectivity index (χ1) is 17.0. The molecule has 4 rings (SSSR count). The van der Waals surface area contributed by atoms with Gasteiger partial charge >= 0.3 is 6.18 Å². The third-order valence-corrected chi connectivity index (χ3v) is 7.42. The molecule has 0 radical (unpaired) electrons. The van der Waals surface area contributed by atoms with Crippen molar-refractivity contribution >= 4 is 23.2 Å². The topological polar surface area (TPSA) is 76.4 Å². The Bertz CT molecular complexity index is 1210. The lowest BCUT2D eigenvalue weighted by atomic mass is 9.77. The van der Waals surface area contributed by atoms with Crippen LogP contribution in [-0.4, -0.2) is 42.9 Å². The molecule has 2 aliphatic heterocycles. The van der Waals surface area contributed by atoms with Crippen molar-refractivity contribution in [2.45, 2.75) is 39.8 Å². The van der Waals surface area contributed by atoms with Crippen LogP contribution in [0.3, 0.4) is 0 Å². The number of rotatable bonds is 5. The SMILES string of the molecule is Cc1cccc(C)c1N1C[C@@](CN2CCCC2)(C(=O)Nc2cc(C#N)cc(C(F)(F)F)c2)C(C)C1=O. The van der Waals surface area contributed by atoms with E-state index in [0.717, 1.165) is 54.9 Å². The zero-order valence-corrected chi connectivity index (χ0v) is 20.6. The van der Waals surface area contributed by atoms with Gasteiger partial charge in [-0.3, -0.25) is 9.59 Å². The zero-order chi connectivity index (χ0) is 26.3.